The number of nitrogens with one attached hydrogen (secondary N) is 1. The Morgan fingerprint density at radius 3 is 2.61 bits per heavy atom. The van der Waals surface area contributed by atoms with Crippen LogP contribution in [0.15, 0.2) is 60.9 Å². The van der Waals surface area contributed by atoms with E-state index in [1.54, 1.807) is 48.3 Å². The zero-order valence-corrected chi connectivity index (χ0v) is 17.7. The minimum Gasteiger partial charge on any atom is -0.490 e. The van der Waals surface area contributed by atoms with E-state index < -0.39 is 0 Å². The Labute approximate surface area is 182 Å². The Balaban J connectivity index is 1.29. The lowest BCUT2D eigenvalue weighted by atomic mass is 10.1. The normalized spacial score (nSPS) is 13.8. The van der Waals surface area contributed by atoms with Crippen LogP contribution < -0.4 is 10.1 Å². The maximum Gasteiger partial charge on any atom is 0.228 e. The van der Waals surface area contributed by atoms with Gasteiger partial charge in [0.05, 0.1) is 6.10 Å². The van der Waals surface area contributed by atoms with Crippen LogP contribution in [0.4, 0.5) is 5.69 Å². The van der Waals surface area contributed by atoms with Crippen molar-refractivity contribution in [3.8, 4) is 5.75 Å². The maximum absolute atomic E-state index is 12.5. The van der Waals surface area contributed by atoms with E-state index in [0.717, 1.165) is 24.2 Å². The summed E-state index contributed by atoms with van der Waals surface area (Å²) in [5.41, 5.74) is 2.28. The molecule has 1 aliphatic rings. The smallest absolute Gasteiger partial charge is 0.228 e. The second-order valence-corrected chi connectivity index (χ2v) is 7.99. The molecule has 1 aliphatic carbocycles. The molecule has 1 aromatic heterocycles. The van der Waals surface area contributed by atoms with Gasteiger partial charge in [-0.1, -0.05) is 12.1 Å². The zero-order chi connectivity index (χ0) is 21.6. The van der Waals surface area contributed by atoms with Crippen LogP contribution in [0, 0.1) is 0 Å². The number of imidazole rings is 1. The summed E-state index contributed by atoms with van der Waals surface area (Å²) in [6.07, 6.45) is 9.40. The molecule has 0 spiro atoms. The monoisotopic (exact) mass is 417 g/mol. The van der Waals surface area contributed by atoms with Crippen molar-refractivity contribution < 1.29 is 14.3 Å². The highest BCUT2D eigenvalue weighted by Gasteiger charge is 2.17. The van der Waals surface area contributed by atoms with Crippen LogP contribution in [0.25, 0.3) is 0 Å². The van der Waals surface area contributed by atoms with Crippen molar-refractivity contribution in [1.29, 1.82) is 0 Å². The van der Waals surface area contributed by atoms with E-state index in [1.165, 1.54) is 12.8 Å². The van der Waals surface area contributed by atoms with Crippen molar-refractivity contribution in [1.82, 2.24) is 9.55 Å². The Hall–Kier alpha value is -3.41. The van der Waals surface area contributed by atoms with E-state index in [9.17, 15) is 9.59 Å². The van der Waals surface area contributed by atoms with Gasteiger partial charge in [0.1, 0.15) is 5.75 Å². The molecule has 6 heteroatoms. The Morgan fingerprint density at radius 1 is 1.13 bits per heavy atom. The number of aromatic nitrogens is 2. The molecule has 1 fully saturated rings. The predicted octanol–water partition coefficient (Wildman–Crippen LogP) is 4.54. The number of carbonyl (C=O) groups is 2. The van der Waals surface area contributed by atoms with Gasteiger partial charge in [0.2, 0.25) is 11.7 Å². The lowest BCUT2D eigenvalue weighted by Crippen LogP contribution is -2.13. The Bertz CT molecular complexity index is 1050. The molecule has 1 saturated carbocycles. The molecule has 1 N–H and O–H groups in total. The van der Waals surface area contributed by atoms with Crippen LogP contribution in [0.3, 0.4) is 0 Å². The van der Waals surface area contributed by atoms with Crippen LogP contribution in [-0.2, 0) is 18.3 Å². The molecule has 0 atom stereocenters. The van der Waals surface area contributed by atoms with Gasteiger partial charge in [-0.15, -0.1) is 0 Å². The molecule has 0 aliphatic heterocycles. The highest BCUT2D eigenvalue weighted by atomic mass is 16.5. The molecule has 31 heavy (non-hydrogen) atoms. The minimum absolute atomic E-state index is 0.0645. The summed E-state index contributed by atoms with van der Waals surface area (Å²) in [5.74, 6) is 1.06. The lowest BCUT2D eigenvalue weighted by molar-refractivity contribution is -0.116. The first kappa shape index (κ1) is 20.8. The third kappa shape index (κ3) is 5.40. The van der Waals surface area contributed by atoms with Crippen LogP contribution in [0.2, 0.25) is 0 Å². The first-order valence-corrected chi connectivity index (χ1v) is 10.8. The number of benzene rings is 2. The summed E-state index contributed by atoms with van der Waals surface area (Å²) in [7, 11) is 1.78. The number of amides is 1. The summed E-state index contributed by atoms with van der Waals surface area (Å²) in [4.78, 5) is 28.9. The molecule has 160 valence electrons. The summed E-state index contributed by atoms with van der Waals surface area (Å²) < 4.78 is 7.74. The van der Waals surface area contributed by atoms with Gasteiger partial charge >= 0.3 is 0 Å². The van der Waals surface area contributed by atoms with Crippen molar-refractivity contribution in [3.63, 3.8) is 0 Å². The van der Waals surface area contributed by atoms with Crippen LogP contribution >= 0.6 is 0 Å². The third-order valence-corrected chi connectivity index (χ3v) is 5.60. The molecular formula is C25H27N3O3. The molecule has 1 heterocycles. The molecule has 1 amide bonds. The number of ether oxygens (including phenoxy) is 1. The van der Waals surface area contributed by atoms with Crippen molar-refractivity contribution in [2.75, 3.05) is 5.32 Å². The molecule has 4 rings (SSSR count). The molecule has 6 nitrogen and oxygen atoms in total. The number of nitrogens with zero attached hydrogens (tertiary/aromatic N) is 2. The molecule has 0 radical (unpaired) electrons. The van der Waals surface area contributed by atoms with Gasteiger partial charge in [-0.25, -0.2) is 4.98 Å². The molecule has 0 unspecified atom stereocenters. The van der Waals surface area contributed by atoms with Crippen molar-refractivity contribution in [2.24, 2.45) is 7.05 Å². The number of anilines is 1. The fourth-order valence-corrected chi connectivity index (χ4v) is 3.87. The first-order chi connectivity index (χ1) is 15.1. The van der Waals surface area contributed by atoms with Gasteiger partial charge in [-0.05, 0) is 74.1 Å². The minimum atomic E-state index is -0.148. The van der Waals surface area contributed by atoms with E-state index in [-0.39, 0.29) is 11.7 Å². The molecular weight excluding hydrogens is 390 g/mol. The van der Waals surface area contributed by atoms with E-state index >= 15 is 0 Å². The average molecular weight is 418 g/mol. The predicted molar refractivity (Wildman–Crippen MR) is 119 cm³/mol. The quantitative estimate of drug-likeness (QED) is 0.546. The molecule has 3 aromatic rings. The molecule has 0 saturated heterocycles. The zero-order valence-electron chi connectivity index (χ0n) is 17.7. The fraction of sp³-hybridized carbons (Fsp3) is 0.320. The van der Waals surface area contributed by atoms with Gasteiger partial charge in [0.25, 0.3) is 0 Å². The molecule has 0 bridgehead atoms. The van der Waals surface area contributed by atoms with Gasteiger partial charge in [0, 0.05) is 37.1 Å². The number of aryl methyl sites for hydroxylation is 2. The maximum atomic E-state index is 12.5. The number of rotatable bonds is 8. The summed E-state index contributed by atoms with van der Waals surface area (Å²) in [6, 6.07) is 14.9. The second-order valence-electron chi connectivity index (χ2n) is 7.99. The fourth-order valence-electron chi connectivity index (χ4n) is 3.87. The lowest BCUT2D eigenvalue weighted by Gasteiger charge is -2.14. The topological polar surface area (TPSA) is 73.2 Å². The highest BCUT2D eigenvalue weighted by molar-refractivity contribution is 6.07. The van der Waals surface area contributed by atoms with E-state index in [0.29, 0.717) is 36.0 Å². The standard InChI is InChI=1S/C25H27N3O3/c1-28-16-15-26-25(28)24(30)19-10-12-20(13-11-19)27-23(29)14-9-18-5-4-8-22(17-18)31-21-6-2-3-7-21/h4-5,8,10-13,15-17,21H,2-3,6-7,9,14H2,1H3,(H,27,29). The van der Waals surface area contributed by atoms with Gasteiger partial charge in [-0.3, -0.25) is 9.59 Å². The number of hydrogen-bond donors (Lipinski definition) is 1. The first-order valence-electron chi connectivity index (χ1n) is 10.8. The number of ketones is 1. The van der Waals surface area contributed by atoms with Gasteiger partial charge < -0.3 is 14.6 Å². The van der Waals surface area contributed by atoms with Gasteiger partial charge in [-0.2, -0.15) is 0 Å². The third-order valence-electron chi connectivity index (χ3n) is 5.60. The van der Waals surface area contributed by atoms with Crippen molar-refractivity contribution in [3.05, 3.63) is 77.9 Å². The van der Waals surface area contributed by atoms with Crippen LogP contribution in [-0.4, -0.2) is 27.3 Å². The average Bonchev–Trinajstić information content (AvgIpc) is 3.44. The van der Waals surface area contributed by atoms with E-state index in [1.807, 2.05) is 24.3 Å². The van der Waals surface area contributed by atoms with Gasteiger partial charge in [0.15, 0.2) is 5.82 Å². The summed E-state index contributed by atoms with van der Waals surface area (Å²) in [5, 5.41) is 2.90. The number of carbonyl (C=O) groups excluding carboxylic acids is 2. The highest BCUT2D eigenvalue weighted by Crippen LogP contribution is 2.25. The van der Waals surface area contributed by atoms with E-state index in [2.05, 4.69) is 10.3 Å². The Kier molecular flexibility index (Phi) is 6.46. The Morgan fingerprint density at radius 2 is 1.90 bits per heavy atom. The van der Waals surface area contributed by atoms with Crippen molar-refractivity contribution >= 4 is 17.4 Å². The summed E-state index contributed by atoms with van der Waals surface area (Å²) >= 11 is 0. The van der Waals surface area contributed by atoms with Crippen LogP contribution in [0.5, 0.6) is 5.75 Å². The molecule has 2 aromatic carbocycles. The SMILES string of the molecule is Cn1ccnc1C(=O)c1ccc(NC(=O)CCc2cccc(OC3CCCC3)c2)cc1. The number of hydrogen-bond acceptors (Lipinski definition) is 4. The second kappa shape index (κ2) is 9.60. The van der Waals surface area contributed by atoms with Crippen molar-refractivity contribution in [2.45, 2.75) is 44.6 Å². The van der Waals surface area contributed by atoms with Crippen LogP contribution in [0.1, 0.15) is 53.8 Å². The largest absolute Gasteiger partial charge is 0.490 e. The summed E-state index contributed by atoms with van der Waals surface area (Å²) in [6.45, 7) is 0. The van der Waals surface area contributed by atoms with E-state index in [4.69, 9.17) is 4.74 Å².